The molecule has 5 unspecified atom stereocenters. The summed E-state index contributed by atoms with van der Waals surface area (Å²) in [6, 6.07) is 10.9. The average molecular weight is 279 g/mol. The third-order valence-corrected chi connectivity index (χ3v) is 6.37. The predicted molar refractivity (Wildman–Crippen MR) is 83.1 cm³/mol. The Hall–Kier alpha value is -1.45. The summed E-state index contributed by atoms with van der Waals surface area (Å²) in [6.07, 6.45) is 6.26. The minimum atomic E-state index is 0.288. The number of aromatic nitrogens is 1. The van der Waals surface area contributed by atoms with E-state index in [1.54, 1.807) is 0 Å². The topological polar surface area (TPSA) is 50.9 Å². The van der Waals surface area contributed by atoms with Crippen LogP contribution in [0.15, 0.2) is 36.5 Å². The lowest BCUT2D eigenvalue weighted by Gasteiger charge is -2.21. The van der Waals surface area contributed by atoms with Crippen molar-refractivity contribution < 1.29 is 0 Å². The van der Waals surface area contributed by atoms with Gasteiger partial charge in [0.25, 0.3) is 0 Å². The molecule has 3 nitrogen and oxygen atoms in total. The maximum absolute atomic E-state index is 5.98. The Morgan fingerprint density at radius 2 is 1.90 bits per heavy atom. The molecule has 108 valence electrons. The van der Waals surface area contributed by atoms with E-state index in [2.05, 4.69) is 34.7 Å². The van der Waals surface area contributed by atoms with Gasteiger partial charge in [-0.25, -0.2) is 0 Å². The zero-order valence-corrected chi connectivity index (χ0v) is 12.1. The quantitative estimate of drug-likeness (QED) is 0.670. The predicted octanol–water partition coefficient (Wildman–Crippen LogP) is 3.03. The van der Waals surface area contributed by atoms with Gasteiger partial charge in [0.05, 0.1) is 11.6 Å². The minimum absolute atomic E-state index is 0.288. The van der Waals surface area contributed by atoms with Gasteiger partial charge in [-0.3, -0.25) is 16.3 Å². The summed E-state index contributed by atoms with van der Waals surface area (Å²) < 4.78 is 0. The van der Waals surface area contributed by atoms with Gasteiger partial charge in [0.15, 0.2) is 0 Å². The van der Waals surface area contributed by atoms with Crippen LogP contribution in [-0.4, -0.2) is 4.98 Å². The van der Waals surface area contributed by atoms with Crippen molar-refractivity contribution in [3.8, 4) is 0 Å². The Bertz CT molecular complexity index is 676. The van der Waals surface area contributed by atoms with E-state index in [4.69, 9.17) is 5.84 Å². The Kier molecular flexibility index (Phi) is 2.47. The normalized spacial score (nSPS) is 37.7. The Labute approximate surface area is 124 Å². The fourth-order valence-corrected chi connectivity index (χ4v) is 5.64. The van der Waals surface area contributed by atoms with E-state index in [1.165, 1.54) is 30.2 Å². The van der Waals surface area contributed by atoms with Gasteiger partial charge < -0.3 is 0 Å². The largest absolute Gasteiger partial charge is 0.271 e. The number of rotatable bonds is 3. The number of pyridine rings is 1. The molecular formula is C18H21N3. The first-order chi connectivity index (χ1) is 10.4. The third kappa shape index (κ3) is 1.59. The first kappa shape index (κ1) is 12.1. The van der Waals surface area contributed by atoms with E-state index in [9.17, 15) is 0 Å². The number of nitrogens with zero attached hydrogens (tertiary/aromatic N) is 1. The van der Waals surface area contributed by atoms with Crippen LogP contribution in [0.1, 0.15) is 30.9 Å². The number of hydrogen-bond donors (Lipinski definition) is 2. The number of hydrogen-bond acceptors (Lipinski definition) is 3. The lowest BCUT2D eigenvalue weighted by atomic mass is 9.91. The molecule has 3 N–H and O–H groups in total. The lowest BCUT2D eigenvalue weighted by Crippen LogP contribution is -2.31. The molecule has 3 fully saturated rings. The number of fused-ring (bicyclic) bond motifs is 6. The molecule has 1 heterocycles. The summed E-state index contributed by atoms with van der Waals surface area (Å²) in [5, 5.41) is 1.25. The van der Waals surface area contributed by atoms with Crippen molar-refractivity contribution >= 4 is 10.9 Å². The second kappa shape index (κ2) is 4.28. The van der Waals surface area contributed by atoms with Crippen LogP contribution in [0.5, 0.6) is 0 Å². The van der Waals surface area contributed by atoms with Crippen LogP contribution in [-0.2, 0) is 0 Å². The van der Waals surface area contributed by atoms with E-state index in [0.29, 0.717) is 0 Å². The van der Waals surface area contributed by atoms with Crippen molar-refractivity contribution in [2.45, 2.75) is 25.3 Å². The van der Waals surface area contributed by atoms with Crippen molar-refractivity contribution in [3.05, 3.63) is 42.1 Å². The van der Waals surface area contributed by atoms with Crippen LogP contribution in [0.2, 0.25) is 0 Å². The summed E-state index contributed by atoms with van der Waals surface area (Å²) in [4.78, 5) is 4.48. The molecule has 1 aromatic heterocycles. The molecule has 0 radical (unpaired) electrons. The smallest absolute Gasteiger partial charge is 0.0705 e. The molecule has 5 atom stereocenters. The molecule has 0 aliphatic heterocycles. The summed E-state index contributed by atoms with van der Waals surface area (Å²) in [5.41, 5.74) is 5.55. The van der Waals surface area contributed by atoms with Crippen LogP contribution < -0.4 is 11.3 Å². The third-order valence-electron chi connectivity index (χ3n) is 6.37. The Morgan fingerprint density at radius 1 is 1.10 bits per heavy atom. The zero-order valence-electron chi connectivity index (χ0n) is 12.1. The van der Waals surface area contributed by atoms with Crippen LogP contribution >= 0.6 is 0 Å². The van der Waals surface area contributed by atoms with E-state index >= 15 is 0 Å². The maximum Gasteiger partial charge on any atom is 0.0705 e. The van der Waals surface area contributed by atoms with Crippen LogP contribution in [0, 0.1) is 29.6 Å². The van der Waals surface area contributed by atoms with Gasteiger partial charge in [0.1, 0.15) is 0 Å². The van der Waals surface area contributed by atoms with Crippen molar-refractivity contribution in [1.29, 1.82) is 0 Å². The molecule has 0 saturated heterocycles. The highest BCUT2D eigenvalue weighted by molar-refractivity contribution is 5.82. The molecule has 0 spiro atoms. The number of benzene rings is 1. The van der Waals surface area contributed by atoms with Crippen LogP contribution in [0.3, 0.4) is 0 Å². The fourth-order valence-electron chi connectivity index (χ4n) is 5.64. The van der Waals surface area contributed by atoms with Gasteiger partial charge in [-0.2, -0.15) is 0 Å². The average Bonchev–Trinajstić information content (AvgIpc) is 2.94. The standard InChI is InChI=1S/C18H21N3/c19-21-18(17-15-10-6-7-11(9-10)16(15)17)13-3-1-5-14-12(13)4-2-8-20-14/h1-5,8,10-11,15-18,21H,6-7,9,19H2. The lowest BCUT2D eigenvalue weighted by molar-refractivity contribution is 0.375. The van der Waals surface area contributed by atoms with Crippen molar-refractivity contribution in [3.63, 3.8) is 0 Å². The molecule has 0 amide bonds. The number of nitrogens with one attached hydrogen (secondary N) is 1. The van der Waals surface area contributed by atoms with E-state index in [-0.39, 0.29) is 6.04 Å². The summed E-state index contributed by atoms with van der Waals surface area (Å²) >= 11 is 0. The molecule has 2 aromatic rings. The highest BCUT2D eigenvalue weighted by Crippen LogP contribution is 2.72. The van der Waals surface area contributed by atoms with Crippen LogP contribution in [0.25, 0.3) is 10.9 Å². The molecule has 2 bridgehead atoms. The monoisotopic (exact) mass is 279 g/mol. The molecule has 5 rings (SSSR count). The Balaban J connectivity index is 1.56. The SMILES string of the molecule is NNC(c1cccc2ncccc12)C1C2C3CCC(C3)C21. The second-order valence-electron chi connectivity index (χ2n) is 7.13. The van der Waals surface area contributed by atoms with E-state index < -0.39 is 0 Å². The van der Waals surface area contributed by atoms with E-state index in [1.807, 2.05) is 12.3 Å². The first-order valence-corrected chi connectivity index (χ1v) is 8.18. The molecular weight excluding hydrogens is 258 g/mol. The molecule has 3 heteroatoms. The first-order valence-electron chi connectivity index (χ1n) is 8.18. The van der Waals surface area contributed by atoms with Gasteiger partial charge in [-0.05, 0) is 66.5 Å². The summed E-state index contributed by atoms with van der Waals surface area (Å²) in [5.74, 6) is 10.5. The van der Waals surface area contributed by atoms with Crippen molar-refractivity contribution in [1.82, 2.24) is 10.4 Å². The maximum atomic E-state index is 5.98. The summed E-state index contributed by atoms with van der Waals surface area (Å²) in [7, 11) is 0. The number of hydrazine groups is 1. The van der Waals surface area contributed by atoms with Gasteiger partial charge in [-0.1, -0.05) is 18.2 Å². The highest BCUT2D eigenvalue weighted by atomic mass is 15.2. The second-order valence-corrected chi connectivity index (χ2v) is 7.13. The molecule has 21 heavy (non-hydrogen) atoms. The molecule has 3 saturated carbocycles. The van der Waals surface area contributed by atoms with Crippen molar-refractivity contribution in [2.75, 3.05) is 0 Å². The van der Waals surface area contributed by atoms with Crippen LogP contribution in [0.4, 0.5) is 0 Å². The summed E-state index contributed by atoms with van der Waals surface area (Å²) in [6.45, 7) is 0. The van der Waals surface area contributed by atoms with Gasteiger partial charge in [0.2, 0.25) is 0 Å². The van der Waals surface area contributed by atoms with Gasteiger partial charge in [0, 0.05) is 11.6 Å². The van der Waals surface area contributed by atoms with Gasteiger partial charge in [-0.15, -0.1) is 0 Å². The van der Waals surface area contributed by atoms with Gasteiger partial charge >= 0.3 is 0 Å². The van der Waals surface area contributed by atoms with E-state index in [0.717, 1.165) is 35.1 Å². The fraction of sp³-hybridized carbons (Fsp3) is 0.500. The van der Waals surface area contributed by atoms with Crippen molar-refractivity contribution in [2.24, 2.45) is 35.4 Å². The molecule has 3 aliphatic carbocycles. The Morgan fingerprint density at radius 3 is 2.67 bits per heavy atom. The zero-order chi connectivity index (χ0) is 14.0. The molecule has 3 aliphatic rings. The number of nitrogens with two attached hydrogens (primary N) is 1. The minimum Gasteiger partial charge on any atom is -0.271 e. The highest BCUT2D eigenvalue weighted by Gasteiger charge is 2.66. The molecule has 1 aromatic carbocycles.